The molecule has 1 heterocycles. The molecule has 2 N–H and O–H groups in total. The van der Waals surface area contributed by atoms with Gasteiger partial charge >= 0.3 is 0 Å². The Bertz CT molecular complexity index is 357. The predicted octanol–water partition coefficient (Wildman–Crippen LogP) is 2.56. The molecule has 2 rings (SSSR count). The van der Waals surface area contributed by atoms with Crippen molar-refractivity contribution in [2.45, 2.75) is 60.4 Å². The van der Waals surface area contributed by atoms with Crippen molar-refractivity contribution in [3.05, 3.63) is 0 Å². The van der Waals surface area contributed by atoms with Gasteiger partial charge in [0.15, 0.2) is 0 Å². The summed E-state index contributed by atoms with van der Waals surface area (Å²) in [5.74, 6) is 0.777. The highest BCUT2D eigenvalue weighted by molar-refractivity contribution is 5.82. The van der Waals surface area contributed by atoms with Crippen LogP contribution in [0.5, 0.6) is 0 Å². The molecule has 2 fully saturated rings. The maximum Gasteiger partial charge on any atom is 0.237 e. The first-order chi connectivity index (χ1) is 8.61. The maximum atomic E-state index is 12.4. The van der Waals surface area contributed by atoms with Crippen LogP contribution in [0.4, 0.5) is 0 Å². The van der Waals surface area contributed by atoms with Gasteiger partial charge in [0.1, 0.15) is 0 Å². The van der Waals surface area contributed by atoms with E-state index in [1.165, 1.54) is 6.42 Å². The molecule has 110 valence electrons. The van der Waals surface area contributed by atoms with Gasteiger partial charge in [-0.25, -0.2) is 0 Å². The van der Waals surface area contributed by atoms with Gasteiger partial charge in [-0.15, -0.1) is 0 Å². The van der Waals surface area contributed by atoms with Gasteiger partial charge in [-0.3, -0.25) is 4.79 Å². The molecule has 1 atom stereocenters. The van der Waals surface area contributed by atoms with Crippen LogP contribution in [0.15, 0.2) is 0 Å². The van der Waals surface area contributed by atoms with Gasteiger partial charge in [0.05, 0.1) is 6.04 Å². The Labute approximate surface area is 117 Å². The molecule has 3 heteroatoms. The highest BCUT2D eigenvalue weighted by Crippen LogP contribution is 2.67. The van der Waals surface area contributed by atoms with Gasteiger partial charge in [-0.2, -0.15) is 0 Å². The number of piperidine rings is 1. The van der Waals surface area contributed by atoms with Gasteiger partial charge in [0.2, 0.25) is 5.91 Å². The minimum atomic E-state index is -0.0359. The number of carbonyl (C=O) groups excluding carboxylic acids is 1. The molecule has 1 aliphatic heterocycles. The molecular weight excluding hydrogens is 236 g/mol. The molecule has 0 spiro atoms. The molecule has 0 aromatic carbocycles. The van der Waals surface area contributed by atoms with Crippen LogP contribution < -0.4 is 10.6 Å². The zero-order chi connectivity index (χ0) is 14.5. The topological polar surface area (TPSA) is 41.1 Å². The number of carbonyl (C=O) groups is 1. The summed E-state index contributed by atoms with van der Waals surface area (Å²) < 4.78 is 0. The minimum Gasteiger partial charge on any atom is -0.354 e. The lowest BCUT2D eigenvalue weighted by Gasteiger charge is -2.38. The highest BCUT2D eigenvalue weighted by Gasteiger charge is 2.64. The lowest BCUT2D eigenvalue weighted by molar-refractivity contribution is -0.126. The van der Waals surface area contributed by atoms with E-state index < -0.39 is 0 Å². The standard InChI is InChI=1S/C16H30N2O/c1-14(2)8-7-9-17-12(14)13(19)18-10-11-15(3,4)16(11,5)6/h11-12,17H,7-10H2,1-6H3,(H,18,19). The number of rotatable bonds is 3. The second-order valence-electron chi connectivity index (χ2n) is 8.22. The van der Waals surface area contributed by atoms with E-state index >= 15 is 0 Å². The summed E-state index contributed by atoms with van der Waals surface area (Å²) in [5, 5.41) is 6.56. The summed E-state index contributed by atoms with van der Waals surface area (Å²) >= 11 is 0. The fraction of sp³-hybridized carbons (Fsp3) is 0.938. The van der Waals surface area contributed by atoms with E-state index in [2.05, 4.69) is 52.2 Å². The lowest BCUT2D eigenvalue weighted by atomic mass is 9.77. The third-order valence-corrected chi connectivity index (χ3v) is 6.19. The third kappa shape index (κ3) is 2.42. The van der Waals surface area contributed by atoms with Crippen LogP contribution >= 0.6 is 0 Å². The Kier molecular flexibility index (Phi) is 3.49. The fourth-order valence-corrected chi connectivity index (χ4v) is 3.81. The Morgan fingerprint density at radius 2 is 1.74 bits per heavy atom. The Hall–Kier alpha value is -0.570. The first-order valence-corrected chi connectivity index (χ1v) is 7.62. The average Bonchev–Trinajstić information content (AvgIpc) is 2.66. The van der Waals surface area contributed by atoms with Crippen molar-refractivity contribution in [1.82, 2.24) is 10.6 Å². The van der Waals surface area contributed by atoms with Crippen molar-refractivity contribution in [3.8, 4) is 0 Å². The predicted molar refractivity (Wildman–Crippen MR) is 78.9 cm³/mol. The Balaban J connectivity index is 1.89. The first-order valence-electron chi connectivity index (χ1n) is 7.62. The van der Waals surface area contributed by atoms with Crippen molar-refractivity contribution in [2.24, 2.45) is 22.2 Å². The number of amides is 1. The van der Waals surface area contributed by atoms with E-state index in [1.54, 1.807) is 0 Å². The molecule has 1 saturated heterocycles. The molecule has 1 unspecified atom stereocenters. The van der Waals surface area contributed by atoms with Crippen LogP contribution in [0.25, 0.3) is 0 Å². The summed E-state index contributed by atoms with van der Waals surface area (Å²) in [6.07, 6.45) is 2.29. The van der Waals surface area contributed by atoms with Crippen LogP contribution in [-0.2, 0) is 4.79 Å². The number of nitrogens with one attached hydrogen (secondary N) is 2. The summed E-state index contributed by atoms with van der Waals surface area (Å²) in [6.45, 7) is 15.3. The largest absolute Gasteiger partial charge is 0.354 e. The smallest absolute Gasteiger partial charge is 0.237 e. The molecule has 0 bridgehead atoms. The molecular formula is C16H30N2O. The molecule has 0 aromatic heterocycles. The second kappa shape index (κ2) is 4.47. The van der Waals surface area contributed by atoms with Crippen molar-refractivity contribution in [1.29, 1.82) is 0 Å². The van der Waals surface area contributed by atoms with Crippen molar-refractivity contribution < 1.29 is 4.79 Å². The molecule has 3 nitrogen and oxygen atoms in total. The van der Waals surface area contributed by atoms with Gasteiger partial charge in [0.25, 0.3) is 0 Å². The molecule has 0 aromatic rings. The Morgan fingerprint density at radius 3 is 2.21 bits per heavy atom. The van der Waals surface area contributed by atoms with E-state index in [0.717, 1.165) is 19.5 Å². The summed E-state index contributed by atoms with van der Waals surface area (Å²) in [7, 11) is 0. The van der Waals surface area contributed by atoms with Crippen LogP contribution in [0.3, 0.4) is 0 Å². The van der Waals surface area contributed by atoms with Gasteiger partial charge in [0, 0.05) is 6.54 Å². The molecule has 0 radical (unpaired) electrons. The van der Waals surface area contributed by atoms with Crippen LogP contribution in [-0.4, -0.2) is 25.0 Å². The normalized spacial score (nSPS) is 31.8. The fourth-order valence-electron chi connectivity index (χ4n) is 3.81. The highest BCUT2D eigenvalue weighted by atomic mass is 16.2. The molecule has 1 amide bonds. The van der Waals surface area contributed by atoms with Crippen molar-refractivity contribution in [3.63, 3.8) is 0 Å². The van der Waals surface area contributed by atoms with Gasteiger partial charge in [-0.1, -0.05) is 41.5 Å². The Morgan fingerprint density at radius 1 is 1.16 bits per heavy atom. The van der Waals surface area contributed by atoms with Crippen LogP contribution in [0, 0.1) is 22.2 Å². The van der Waals surface area contributed by atoms with Gasteiger partial charge < -0.3 is 10.6 Å². The minimum absolute atomic E-state index is 0.0359. The zero-order valence-electron chi connectivity index (χ0n) is 13.4. The van der Waals surface area contributed by atoms with Crippen molar-refractivity contribution in [2.75, 3.05) is 13.1 Å². The number of hydrogen-bond acceptors (Lipinski definition) is 2. The third-order valence-electron chi connectivity index (χ3n) is 6.19. The van der Waals surface area contributed by atoms with Gasteiger partial charge in [-0.05, 0) is 41.5 Å². The quantitative estimate of drug-likeness (QED) is 0.824. The summed E-state index contributed by atoms with van der Waals surface area (Å²) in [6, 6.07) is -0.0359. The maximum absolute atomic E-state index is 12.4. The van der Waals surface area contributed by atoms with E-state index in [0.29, 0.717) is 16.7 Å². The van der Waals surface area contributed by atoms with E-state index in [4.69, 9.17) is 0 Å². The zero-order valence-corrected chi connectivity index (χ0v) is 13.4. The lowest BCUT2D eigenvalue weighted by Crippen LogP contribution is -2.55. The summed E-state index contributed by atoms with van der Waals surface area (Å²) in [4.78, 5) is 12.4. The van der Waals surface area contributed by atoms with E-state index in [-0.39, 0.29) is 17.4 Å². The SMILES string of the molecule is CC1(C)CCCNC1C(=O)NCC1C(C)(C)C1(C)C. The van der Waals surface area contributed by atoms with Crippen LogP contribution in [0.2, 0.25) is 0 Å². The molecule has 1 saturated carbocycles. The first kappa shape index (κ1) is 14.8. The molecule has 2 aliphatic rings. The number of hydrogen-bond donors (Lipinski definition) is 2. The van der Waals surface area contributed by atoms with E-state index in [1.807, 2.05) is 0 Å². The van der Waals surface area contributed by atoms with Crippen molar-refractivity contribution >= 4 is 5.91 Å². The molecule has 1 aliphatic carbocycles. The van der Waals surface area contributed by atoms with E-state index in [9.17, 15) is 4.79 Å². The summed E-state index contributed by atoms with van der Waals surface area (Å²) in [5.41, 5.74) is 0.752. The second-order valence-corrected chi connectivity index (χ2v) is 8.22. The van der Waals surface area contributed by atoms with Crippen LogP contribution in [0.1, 0.15) is 54.4 Å². The average molecular weight is 266 g/mol. The molecule has 19 heavy (non-hydrogen) atoms. The monoisotopic (exact) mass is 266 g/mol.